The van der Waals surface area contributed by atoms with Crippen molar-refractivity contribution in [1.29, 1.82) is 0 Å². The van der Waals surface area contributed by atoms with Crippen molar-refractivity contribution in [1.82, 2.24) is 15.0 Å². The molecule has 0 atom stereocenters. The first-order valence-corrected chi connectivity index (χ1v) is 10.3. The van der Waals surface area contributed by atoms with E-state index in [1.165, 1.54) is 24.4 Å². The number of carboxylic acid groups (broad SMARTS) is 1. The number of nitrogens with zero attached hydrogens (tertiary/aromatic N) is 4. The summed E-state index contributed by atoms with van der Waals surface area (Å²) in [6, 6.07) is 8.28. The molecule has 2 heterocycles. The Labute approximate surface area is 182 Å². The topological polar surface area (TPSA) is 79.2 Å². The quantitative estimate of drug-likeness (QED) is 0.565. The standard InChI is InChI=1S/C23H21F3N4O2/c24-23(25,26)18-8-5-16(6-9-18)21-28-11-15(12-29-21)14-30(19-3-1-2-4-19)20-10-7-17(13-27-20)22(31)32/h5-13,19H,1-4,14H2,(H,31,32). The molecule has 0 radical (unpaired) electrons. The number of anilines is 1. The fourth-order valence-corrected chi connectivity index (χ4v) is 3.89. The second kappa shape index (κ2) is 8.94. The van der Waals surface area contributed by atoms with E-state index < -0.39 is 17.7 Å². The van der Waals surface area contributed by atoms with Crippen molar-refractivity contribution in [3.63, 3.8) is 0 Å². The number of aromatic nitrogens is 3. The molecule has 0 spiro atoms. The highest BCUT2D eigenvalue weighted by Crippen LogP contribution is 2.31. The summed E-state index contributed by atoms with van der Waals surface area (Å²) in [5.74, 6) is 0.0104. The number of hydrogen-bond acceptors (Lipinski definition) is 5. The van der Waals surface area contributed by atoms with Crippen LogP contribution in [0, 0.1) is 0 Å². The van der Waals surface area contributed by atoms with E-state index in [9.17, 15) is 18.0 Å². The van der Waals surface area contributed by atoms with Crippen molar-refractivity contribution >= 4 is 11.8 Å². The van der Waals surface area contributed by atoms with Gasteiger partial charge in [0.1, 0.15) is 5.82 Å². The minimum absolute atomic E-state index is 0.129. The van der Waals surface area contributed by atoms with Crippen LogP contribution in [0.4, 0.5) is 19.0 Å². The molecule has 166 valence electrons. The van der Waals surface area contributed by atoms with Gasteiger partial charge in [0.25, 0.3) is 0 Å². The molecule has 0 amide bonds. The normalized spacial score (nSPS) is 14.5. The molecule has 6 nitrogen and oxygen atoms in total. The zero-order chi connectivity index (χ0) is 22.7. The van der Waals surface area contributed by atoms with Crippen LogP contribution in [0.15, 0.2) is 55.0 Å². The number of carbonyl (C=O) groups is 1. The molecular weight excluding hydrogens is 421 g/mol. The molecule has 4 rings (SSSR count). The van der Waals surface area contributed by atoms with E-state index in [0.717, 1.165) is 43.4 Å². The molecule has 0 unspecified atom stereocenters. The second-order valence-electron chi connectivity index (χ2n) is 7.77. The van der Waals surface area contributed by atoms with Gasteiger partial charge in [-0.2, -0.15) is 13.2 Å². The molecule has 1 aromatic carbocycles. The number of pyridine rings is 1. The minimum Gasteiger partial charge on any atom is -0.478 e. The Bertz CT molecular complexity index is 1060. The van der Waals surface area contributed by atoms with Gasteiger partial charge in [-0.15, -0.1) is 0 Å². The van der Waals surface area contributed by atoms with Gasteiger partial charge >= 0.3 is 12.1 Å². The Balaban J connectivity index is 1.53. The summed E-state index contributed by atoms with van der Waals surface area (Å²) in [6.07, 6.45) is 4.57. The van der Waals surface area contributed by atoms with E-state index in [4.69, 9.17) is 5.11 Å². The van der Waals surface area contributed by atoms with Crippen molar-refractivity contribution in [2.45, 2.75) is 44.4 Å². The molecule has 9 heteroatoms. The van der Waals surface area contributed by atoms with Gasteiger partial charge in [-0.05, 0) is 37.1 Å². The van der Waals surface area contributed by atoms with Crippen LogP contribution < -0.4 is 4.90 Å². The fourth-order valence-electron chi connectivity index (χ4n) is 3.89. The van der Waals surface area contributed by atoms with Crippen LogP contribution in [0.3, 0.4) is 0 Å². The summed E-state index contributed by atoms with van der Waals surface area (Å²) in [5.41, 5.74) is 0.746. The van der Waals surface area contributed by atoms with Crippen molar-refractivity contribution in [2.24, 2.45) is 0 Å². The van der Waals surface area contributed by atoms with Gasteiger partial charge < -0.3 is 10.0 Å². The summed E-state index contributed by atoms with van der Waals surface area (Å²) < 4.78 is 38.3. The van der Waals surface area contributed by atoms with E-state index in [0.29, 0.717) is 23.8 Å². The summed E-state index contributed by atoms with van der Waals surface area (Å²) in [7, 11) is 0. The molecule has 1 aliphatic rings. The highest BCUT2D eigenvalue weighted by atomic mass is 19.4. The number of alkyl halides is 3. The third kappa shape index (κ3) is 4.87. The molecule has 1 N–H and O–H groups in total. The van der Waals surface area contributed by atoms with Gasteiger partial charge in [-0.1, -0.05) is 25.0 Å². The maximum atomic E-state index is 12.8. The highest BCUT2D eigenvalue weighted by Gasteiger charge is 2.30. The Morgan fingerprint density at radius 3 is 2.16 bits per heavy atom. The molecule has 0 aliphatic heterocycles. The first-order valence-electron chi connectivity index (χ1n) is 10.3. The van der Waals surface area contributed by atoms with Crippen LogP contribution >= 0.6 is 0 Å². The Morgan fingerprint density at radius 1 is 0.969 bits per heavy atom. The van der Waals surface area contributed by atoms with E-state index in [1.807, 2.05) is 0 Å². The first kappa shape index (κ1) is 21.7. The van der Waals surface area contributed by atoms with Gasteiger partial charge in [0.05, 0.1) is 11.1 Å². The molecule has 0 bridgehead atoms. The average molecular weight is 442 g/mol. The van der Waals surface area contributed by atoms with E-state index in [1.54, 1.807) is 18.5 Å². The zero-order valence-corrected chi connectivity index (χ0v) is 17.1. The highest BCUT2D eigenvalue weighted by molar-refractivity contribution is 5.87. The average Bonchev–Trinajstić information content (AvgIpc) is 3.32. The lowest BCUT2D eigenvalue weighted by Gasteiger charge is -2.30. The number of carboxylic acids is 1. The second-order valence-corrected chi connectivity index (χ2v) is 7.77. The lowest BCUT2D eigenvalue weighted by atomic mass is 10.1. The fraction of sp³-hybridized carbons (Fsp3) is 0.304. The maximum Gasteiger partial charge on any atom is 0.416 e. The van der Waals surface area contributed by atoms with Crippen LogP contribution in [0.25, 0.3) is 11.4 Å². The van der Waals surface area contributed by atoms with Gasteiger partial charge in [0.15, 0.2) is 5.82 Å². The molecule has 3 aromatic rings. The van der Waals surface area contributed by atoms with Gasteiger partial charge in [-0.3, -0.25) is 0 Å². The summed E-state index contributed by atoms with van der Waals surface area (Å²) in [5, 5.41) is 9.11. The molecule has 2 aromatic heterocycles. The smallest absolute Gasteiger partial charge is 0.416 e. The summed E-state index contributed by atoms with van der Waals surface area (Å²) >= 11 is 0. The van der Waals surface area contributed by atoms with Crippen LogP contribution in [-0.4, -0.2) is 32.1 Å². The molecule has 1 saturated carbocycles. The maximum absolute atomic E-state index is 12.8. The van der Waals surface area contributed by atoms with Gasteiger partial charge in [-0.25, -0.2) is 19.7 Å². The third-order valence-electron chi connectivity index (χ3n) is 5.58. The summed E-state index contributed by atoms with van der Waals surface area (Å²) in [4.78, 5) is 26.3. The molecule has 1 aliphatic carbocycles. The van der Waals surface area contributed by atoms with Crippen molar-refractivity contribution < 1.29 is 23.1 Å². The largest absolute Gasteiger partial charge is 0.478 e. The zero-order valence-electron chi connectivity index (χ0n) is 17.1. The number of halogens is 3. The van der Waals surface area contributed by atoms with E-state index >= 15 is 0 Å². The SMILES string of the molecule is O=C(O)c1ccc(N(Cc2cnc(-c3ccc(C(F)(F)F)cc3)nc2)C2CCCC2)nc1. The lowest BCUT2D eigenvalue weighted by molar-refractivity contribution is -0.137. The Kier molecular flexibility index (Phi) is 6.07. The van der Waals surface area contributed by atoms with Gasteiger partial charge in [0, 0.05) is 42.3 Å². The van der Waals surface area contributed by atoms with Gasteiger partial charge in [0.2, 0.25) is 0 Å². The molecule has 32 heavy (non-hydrogen) atoms. The number of aromatic carboxylic acids is 1. The van der Waals surface area contributed by atoms with E-state index in [-0.39, 0.29) is 11.6 Å². The Morgan fingerprint density at radius 2 is 1.62 bits per heavy atom. The predicted molar refractivity (Wildman–Crippen MR) is 112 cm³/mol. The van der Waals surface area contributed by atoms with Crippen molar-refractivity contribution in [3.8, 4) is 11.4 Å². The molecular formula is C23H21F3N4O2. The van der Waals surface area contributed by atoms with E-state index in [2.05, 4.69) is 19.9 Å². The first-order chi connectivity index (χ1) is 15.3. The van der Waals surface area contributed by atoms with Crippen LogP contribution in [0.1, 0.15) is 47.2 Å². The minimum atomic E-state index is -4.39. The van der Waals surface area contributed by atoms with Crippen LogP contribution in [-0.2, 0) is 12.7 Å². The third-order valence-corrected chi connectivity index (χ3v) is 5.58. The summed E-state index contributed by atoms with van der Waals surface area (Å²) in [6.45, 7) is 0.497. The number of benzene rings is 1. The number of rotatable bonds is 6. The molecule has 1 fully saturated rings. The van der Waals surface area contributed by atoms with Crippen molar-refractivity contribution in [3.05, 3.63) is 71.7 Å². The predicted octanol–water partition coefficient (Wildman–Crippen LogP) is 5.20. The van der Waals surface area contributed by atoms with Crippen LogP contribution in [0.5, 0.6) is 0 Å². The lowest BCUT2D eigenvalue weighted by Crippen LogP contribution is -2.33. The number of hydrogen-bond donors (Lipinski definition) is 1. The Hall–Kier alpha value is -3.49. The molecule has 0 saturated heterocycles. The monoisotopic (exact) mass is 442 g/mol. The van der Waals surface area contributed by atoms with Crippen LogP contribution in [0.2, 0.25) is 0 Å². The van der Waals surface area contributed by atoms with Crippen molar-refractivity contribution in [2.75, 3.05) is 4.90 Å².